The van der Waals surface area contributed by atoms with Gasteiger partial charge in [0.1, 0.15) is 0 Å². The van der Waals surface area contributed by atoms with Crippen molar-refractivity contribution in [1.29, 1.82) is 0 Å². The van der Waals surface area contributed by atoms with Gasteiger partial charge in [-0.05, 0) is 38.2 Å². The smallest absolute Gasteiger partial charge is 0.236 e. The summed E-state index contributed by atoms with van der Waals surface area (Å²) in [5.41, 5.74) is 1.90. The van der Waals surface area contributed by atoms with Crippen LogP contribution in [0.15, 0.2) is 24.3 Å². The largest absolute Gasteiger partial charge is 0.369 e. The van der Waals surface area contributed by atoms with Gasteiger partial charge in [0.15, 0.2) is 5.78 Å². The molecular formula is C22H36N4O2. The predicted octanol–water partition coefficient (Wildman–Crippen LogP) is 2.20. The van der Waals surface area contributed by atoms with E-state index in [4.69, 9.17) is 0 Å². The van der Waals surface area contributed by atoms with Crippen molar-refractivity contribution in [3.05, 3.63) is 29.8 Å². The Morgan fingerprint density at radius 3 is 1.89 bits per heavy atom. The van der Waals surface area contributed by atoms with Crippen LogP contribution in [0.5, 0.6) is 0 Å². The van der Waals surface area contributed by atoms with Gasteiger partial charge in [-0.1, -0.05) is 20.3 Å². The topological polar surface area (TPSA) is 47.1 Å². The normalized spacial score (nSPS) is 18.4. The Morgan fingerprint density at radius 2 is 1.39 bits per heavy atom. The van der Waals surface area contributed by atoms with Crippen molar-refractivity contribution in [3.8, 4) is 0 Å². The third-order valence-electron chi connectivity index (χ3n) is 5.23. The first kappa shape index (κ1) is 22.4. The average Bonchev–Trinajstić information content (AvgIpc) is 2.70. The Hall–Kier alpha value is -1.92. The van der Waals surface area contributed by atoms with Gasteiger partial charge in [-0.2, -0.15) is 0 Å². The van der Waals surface area contributed by atoms with E-state index in [1.165, 1.54) is 6.42 Å². The lowest BCUT2D eigenvalue weighted by molar-refractivity contribution is -0.134. The molecule has 6 nitrogen and oxygen atoms in total. The van der Waals surface area contributed by atoms with Gasteiger partial charge < -0.3 is 14.7 Å². The molecule has 1 aromatic rings. The van der Waals surface area contributed by atoms with Crippen LogP contribution < -0.4 is 4.90 Å². The number of benzene rings is 1. The van der Waals surface area contributed by atoms with E-state index in [1.807, 2.05) is 29.2 Å². The second-order valence-corrected chi connectivity index (χ2v) is 7.76. The summed E-state index contributed by atoms with van der Waals surface area (Å²) in [4.78, 5) is 32.6. The number of amides is 1. The number of ketones is 1. The zero-order chi connectivity index (χ0) is 20.5. The van der Waals surface area contributed by atoms with Crippen molar-refractivity contribution in [3.63, 3.8) is 0 Å². The second kappa shape index (κ2) is 11.2. The molecule has 0 bridgehead atoms. The lowest BCUT2D eigenvalue weighted by Crippen LogP contribution is -2.53. The van der Waals surface area contributed by atoms with Gasteiger partial charge in [-0.15, -0.1) is 0 Å². The van der Waals surface area contributed by atoms with Gasteiger partial charge in [0, 0.05) is 63.6 Å². The van der Waals surface area contributed by atoms with Crippen molar-refractivity contribution < 1.29 is 9.59 Å². The van der Waals surface area contributed by atoms with Gasteiger partial charge in [-0.3, -0.25) is 14.5 Å². The summed E-state index contributed by atoms with van der Waals surface area (Å²) in [6.07, 6.45) is 1.25. The first-order valence-corrected chi connectivity index (χ1v) is 10.5. The lowest BCUT2D eigenvalue weighted by atomic mass is 10.1. The zero-order valence-electron chi connectivity index (χ0n) is 18.0. The summed E-state index contributed by atoms with van der Waals surface area (Å²) in [5.74, 6) is 0.353. The number of carbonyl (C=O) groups is 2. The highest BCUT2D eigenvalue weighted by atomic mass is 16.2. The van der Waals surface area contributed by atoms with E-state index in [-0.39, 0.29) is 11.7 Å². The summed E-state index contributed by atoms with van der Waals surface area (Å²) in [6, 6.07) is 7.81. The zero-order valence-corrected chi connectivity index (χ0v) is 18.0. The number of piperazine rings is 2. The van der Waals surface area contributed by atoms with Gasteiger partial charge in [-0.25, -0.2) is 0 Å². The molecule has 0 radical (unpaired) electrons. The quantitative estimate of drug-likeness (QED) is 0.740. The molecule has 0 spiro atoms. The molecule has 6 heteroatoms. The minimum Gasteiger partial charge on any atom is -0.369 e. The van der Waals surface area contributed by atoms with Crippen LogP contribution in [0.3, 0.4) is 0 Å². The number of Topliss-reactive ketones (excluding diaryl/α,β-unsaturated/α-hetero) is 1. The molecule has 0 saturated carbocycles. The molecule has 0 N–H and O–H groups in total. The maximum absolute atomic E-state index is 12.4. The molecule has 2 heterocycles. The minimum absolute atomic E-state index is 0.0961. The summed E-state index contributed by atoms with van der Waals surface area (Å²) in [5, 5.41) is 0. The fraction of sp³-hybridized carbons (Fsp3) is 0.636. The number of rotatable bonds is 4. The Kier molecular flexibility index (Phi) is 8.93. The number of nitrogens with zero attached hydrogens (tertiary/aromatic N) is 4. The van der Waals surface area contributed by atoms with Crippen molar-refractivity contribution in [1.82, 2.24) is 14.7 Å². The molecule has 2 aliphatic rings. The molecule has 0 unspecified atom stereocenters. The van der Waals surface area contributed by atoms with Crippen molar-refractivity contribution in [2.24, 2.45) is 0 Å². The van der Waals surface area contributed by atoms with Crippen LogP contribution in [0.25, 0.3) is 0 Å². The minimum atomic E-state index is 0.0961. The Labute approximate surface area is 170 Å². The highest BCUT2D eigenvalue weighted by molar-refractivity contribution is 5.94. The van der Waals surface area contributed by atoms with Crippen LogP contribution in [-0.2, 0) is 4.79 Å². The monoisotopic (exact) mass is 388 g/mol. The first-order valence-electron chi connectivity index (χ1n) is 10.5. The number of anilines is 1. The van der Waals surface area contributed by atoms with Crippen molar-refractivity contribution in [2.75, 3.05) is 70.9 Å². The van der Waals surface area contributed by atoms with Crippen molar-refractivity contribution >= 4 is 17.4 Å². The summed E-state index contributed by atoms with van der Waals surface area (Å²) in [6.45, 7) is 13.6. The second-order valence-electron chi connectivity index (χ2n) is 7.76. The molecule has 0 atom stereocenters. The van der Waals surface area contributed by atoms with Crippen LogP contribution >= 0.6 is 0 Å². The van der Waals surface area contributed by atoms with Crippen LogP contribution in [0.4, 0.5) is 5.69 Å². The lowest BCUT2D eigenvalue weighted by Gasteiger charge is -2.38. The van der Waals surface area contributed by atoms with E-state index in [1.54, 1.807) is 6.92 Å². The van der Waals surface area contributed by atoms with E-state index in [0.29, 0.717) is 6.54 Å². The Balaban J connectivity index is 0.000000878. The SMILES string of the molecule is CC(=O)c1ccc(N2CCN(CC(=O)N3CCN(C)CC3)CC2)cc1.CCC. The first-order chi connectivity index (χ1) is 13.4. The van der Waals surface area contributed by atoms with Crippen molar-refractivity contribution in [2.45, 2.75) is 27.2 Å². The van der Waals surface area contributed by atoms with Gasteiger partial charge in [0.25, 0.3) is 0 Å². The van der Waals surface area contributed by atoms with Crippen LogP contribution in [0.1, 0.15) is 37.6 Å². The summed E-state index contributed by atoms with van der Waals surface area (Å²) < 4.78 is 0. The molecule has 2 aliphatic heterocycles. The summed E-state index contributed by atoms with van der Waals surface area (Å²) in [7, 11) is 2.10. The standard InChI is InChI=1S/C19H28N4O2.C3H8/c1-16(24)17-3-5-18(6-4-17)22-13-9-21(10-14-22)15-19(25)23-11-7-20(2)8-12-23;1-3-2/h3-6H,7-15H2,1-2H3;3H2,1-2H3. The fourth-order valence-electron chi connectivity index (χ4n) is 3.42. The number of hydrogen-bond acceptors (Lipinski definition) is 5. The van der Waals surface area contributed by atoms with E-state index in [0.717, 1.165) is 63.6 Å². The maximum Gasteiger partial charge on any atom is 0.236 e. The molecule has 156 valence electrons. The molecule has 0 aromatic heterocycles. The van der Waals surface area contributed by atoms with Crippen LogP contribution in [-0.4, -0.2) is 92.3 Å². The van der Waals surface area contributed by atoms with Gasteiger partial charge in [0.05, 0.1) is 6.54 Å². The highest BCUT2D eigenvalue weighted by Gasteiger charge is 2.23. The average molecular weight is 389 g/mol. The van der Waals surface area contributed by atoms with Gasteiger partial charge >= 0.3 is 0 Å². The third-order valence-corrected chi connectivity index (χ3v) is 5.23. The highest BCUT2D eigenvalue weighted by Crippen LogP contribution is 2.17. The molecule has 2 saturated heterocycles. The van der Waals surface area contributed by atoms with E-state index in [9.17, 15) is 9.59 Å². The predicted molar refractivity (Wildman–Crippen MR) is 115 cm³/mol. The fourth-order valence-corrected chi connectivity index (χ4v) is 3.42. The van der Waals surface area contributed by atoms with Gasteiger partial charge in [0.2, 0.25) is 5.91 Å². The number of carbonyl (C=O) groups excluding carboxylic acids is 2. The molecular weight excluding hydrogens is 352 g/mol. The third kappa shape index (κ3) is 6.60. The molecule has 28 heavy (non-hydrogen) atoms. The van der Waals surface area contributed by atoms with E-state index >= 15 is 0 Å². The van der Waals surface area contributed by atoms with Crippen LogP contribution in [0, 0.1) is 0 Å². The molecule has 3 rings (SSSR count). The summed E-state index contributed by atoms with van der Waals surface area (Å²) >= 11 is 0. The van der Waals surface area contributed by atoms with Crippen LogP contribution in [0.2, 0.25) is 0 Å². The molecule has 1 amide bonds. The number of likely N-dealkylation sites (N-methyl/N-ethyl adjacent to an activating group) is 1. The van der Waals surface area contributed by atoms with E-state index in [2.05, 4.69) is 35.6 Å². The molecule has 0 aliphatic carbocycles. The maximum atomic E-state index is 12.4. The Morgan fingerprint density at radius 1 is 0.857 bits per heavy atom. The van der Waals surface area contributed by atoms with E-state index < -0.39 is 0 Å². The molecule has 1 aromatic carbocycles. The molecule has 2 fully saturated rings. The Bertz CT molecular complexity index is 616. The number of hydrogen-bond donors (Lipinski definition) is 0.